The first-order valence-corrected chi connectivity index (χ1v) is 7.61. The smallest absolute Gasteiger partial charge is 0.243 e. The zero-order valence-electron chi connectivity index (χ0n) is 14.0. The fourth-order valence-electron chi connectivity index (χ4n) is 2.27. The van der Waals surface area contributed by atoms with Crippen molar-refractivity contribution >= 4 is 17.7 Å². The molecular formula is C17H22N4O3. The molecule has 0 fully saturated rings. The number of amides is 3. The van der Waals surface area contributed by atoms with E-state index in [1.165, 1.54) is 6.92 Å². The molecule has 0 aliphatic rings. The lowest BCUT2D eigenvalue weighted by molar-refractivity contribution is -0.131. The first-order chi connectivity index (χ1) is 11.3. The maximum atomic E-state index is 12.4. The molecule has 1 rings (SSSR count). The number of benzene rings is 1. The number of rotatable bonds is 7. The number of hydrogen-bond acceptors (Lipinski definition) is 4. The number of nitrogens with two attached hydrogens (primary N) is 1. The quantitative estimate of drug-likeness (QED) is 0.661. The van der Waals surface area contributed by atoms with Crippen LogP contribution in [0.1, 0.15) is 31.9 Å². The Labute approximate surface area is 141 Å². The summed E-state index contributed by atoms with van der Waals surface area (Å²) in [5, 5.41) is 14.2. The van der Waals surface area contributed by atoms with Crippen LogP contribution in [0.3, 0.4) is 0 Å². The summed E-state index contributed by atoms with van der Waals surface area (Å²) in [5.74, 6) is -1.69. The van der Waals surface area contributed by atoms with Crippen molar-refractivity contribution in [1.29, 1.82) is 5.26 Å². The molecule has 1 aromatic rings. The van der Waals surface area contributed by atoms with Crippen molar-refractivity contribution in [3.05, 3.63) is 35.4 Å². The van der Waals surface area contributed by atoms with E-state index in [9.17, 15) is 14.4 Å². The Kier molecular flexibility index (Phi) is 6.93. The molecule has 0 aromatic heterocycles. The second-order valence-corrected chi connectivity index (χ2v) is 5.86. The van der Waals surface area contributed by atoms with Crippen molar-refractivity contribution in [3.63, 3.8) is 0 Å². The number of carbonyl (C=O) groups is 3. The van der Waals surface area contributed by atoms with Crippen LogP contribution >= 0.6 is 0 Å². The Morgan fingerprint density at radius 2 is 1.83 bits per heavy atom. The molecule has 7 nitrogen and oxygen atoms in total. The van der Waals surface area contributed by atoms with Gasteiger partial charge in [-0.2, -0.15) is 5.26 Å². The average Bonchev–Trinajstić information content (AvgIpc) is 2.51. The number of hydrogen-bond donors (Lipinski definition) is 3. The topological polar surface area (TPSA) is 125 Å². The normalized spacial score (nSPS) is 12.8. The van der Waals surface area contributed by atoms with Gasteiger partial charge in [0.05, 0.1) is 11.6 Å². The summed E-state index contributed by atoms with van der Waals surface area (Å²) in [7, 11) is 0. The highest BCUT2D eigenvalue weighted by Crippen LogP contribution is 2.11. The lowest BCUT2D eigenvalue weighted by atomic mass is 9.99. The van der Waals surface area contributed by atoms with Crippen molar-refractivity contribution in [2.75, 3.05) is 0 Å². The number of nitrogens with zero attached hydrogens (tertiary/aromatic N) is 1. The highest BCUT2D eigenvalue weighted by atomic mass is 16.2. The molecule has 3 amide bonds. The zero-order chi connectivity index (χ0) is 18.3. The van der Waals surface area contributed by atoms with Gasteiger partial charge in [0.15, 0.2) is 0 Å². The minimum Gasteiger partial charge on any atom is -0.368 e. The van der Waals surface area contributed by atoms with Gasteiger partial charge in [-0.25, -0.2) is 0 Å². The van der Waals surface area contributed by atoms with Crippen molar-refractivity contribution in [2.24, 2.45) is 11.7 Å². The first-order valence-electron chi connectivity index (χ1n) is 7.61. The van der Waals surface area contributed by atoms with Crippen LogP contribution in [0.5, 0.6) is 0 Å². The summed E-state index contributed by atoms with van der Waals surface area (Å²) in [6, 6.07) is 7.09. The summed E-state index contributed by atoms with van der Waals surface area (Å²) >= 11 is 0. The molecule has 0 spiro atoms. The zero-order valence-corrected chi connectivity index (χ0v) is 14.0. The third kappa shape index (κ3) is 5.39. The van der Waals surface area contributed by atoms with Gasteiger partial charge in [-0.15, -0.1) is 0 Å². The molecule has 128 valence electrons. The molecule has 7 heteroatoms. The van der Waals surface area contributed by atoms with Crippen molar-refractivity contribution in [2.45, 2.75) is 39.3 Å². The van der Waals surface area contributed by atoms with Gasteiger partial charge < -0.3 is 16.4 Å². The lowest BCUT2D eigenvalue weighted by Gasteiger charge is -2.24. The minimum absolute atomic E-state index is 0.107. The highest BCUT2D eigenvalue weighted by molar-refractivity contribution is 5.91. The third-order valence-corrected chi connectivity index (χ3v) is 3.53. The van der Waals surface area contributed by atoms with Gasteiger partial charge in [0.2, 0.25) is 17.7 Å². The predicted octanol–water partition coefficient (Wildman–Crippen LogP) is 0.232. The van der Waals surface area contributed by atoms with Crippen molar-refractivity contribution < 1.29 is 14.4 Å². The van der Waals surface area contributed by atoms with E-state index in [0.29, 0.717) is 11.1 Å². The number of primary amides is 1. The highest BCUT2D eigenvalue weighted by Gasteiger charge is 2.27. The Hall–Kier alpha value is -2.88. The van der Waals surface area contributed by atoms with Crippen LogP contribution in [0.25, 0.3) is 0 Å². The minimum atomic E-state index is -0.970. The van der Waals surface area contributed by atoms with Crippen LogP contribution in [-0.4, -0.2) is 29.8 Å². The molecule has 0 radical (unpaired) electrons. The van der Waals surface area contributed by atoms with E-state index in [2.05, 4.69) is 10.6 Å². The summed E-state index contributed by atoms with van der Waals surface area (Å²) in [5.41, 5.74) is 6.41. The summed E-state index contributed by atoms with van der Waals surface area (Å²) in [6.45, 7) is 4.88. The van der Waals surface area contributed by atoms with Gasteiger partial charge in [0.25, 0.3) is 0 Å². The molecular weight excluding hydrogens is 308 g/mol. The van der Waals surface area contributed by atoms with E-state index in [4.69, 9.17) is 11.0 Å². The average molecular weight is 330 g/mol. The number of carbonyl (C=O) groups excluding carboxylic acids is 3. The van der Waals surface area contributed by atoms with Gasteiger partial charge in [-0.1, -0.05) is 32.0 Å². The molecule has 0 aliphatic carbocycles. The first kappa shape index (κ1) is 19.2. The monoisotopic (exact) mass is 330 g/mol. The maximum Gasteiger partial charge on any atom is 0.243 e. The molecule has 0 aliphatic heterocycles. The molecule has 0 bridgehead atoms. The second kappa shape index (κ2) is 8.67. The van der Waals surface area contributed by atoms with Crippen LogP contribution in [0.2, 0.25) is 0 Å². The van der Waals surface area contributed by atoms with Crippen LogP contribution in [0, 0.1) is 17.2 Å². The van der Waals surface area contributed by atoms with Gasteiger partial charge in [-0.05, 0) is 17.5 Å². The Balaban J connectivity index is 2.93. The molecule has 4 N–H and O–H groups in total. The van der Waals surface area contributed by atoms with Crippen LogP contribution < -0.4 is 16.4 Å². The van der Waals surface area contributed by atoms with E-state index in [-0.39, 0.29) is 18.2 Å². The molecule has 0 heterocycles. The SMILES string of the molecule is CC(=O)N[C@@H](C(=O)N[C@H](Cc1ccccc1C#N)C(N)=O)C(C)C. The van der Waals surface area contributed by atoms with E-state index < -0.39 is 23.9 Å². The van der Waals surface area contributed by atoms with E-state index in [1.54, 1.807) is 38.1 Å². The van der Waals surface area contributed by atoms with Crippen LogP contribution in [0.15, 0.2) is 24.3 Å². The molecule has 0 unspecified atom stereocenters. The Morgan fingerprint density at radius 3 is 2.33 bits per heavy atom. The van der Waals surface area contributed by atoms with Crippen LogP contribution in [0.4, 0.5) is 0 Å². The summed E-state index contributed by atoms with van der Waals surface area (Å²) in [6.07, 6.45) is 0.107. The van der Waals surface area contributed by atoms with E-state index in [0.717, 1.165) is 0 Å². The lowest BCUT2D eigenvalue weighted by Crippen LogP contribution is -2.55. The van der Waals surface area contributed by atoms with Crippen molar-refractivity contribution in [3.8, 4) is 6.07 Å². The summed E-state index contributed by atoms with van der Waals surface area (Å²) in [4.78, 5) is 35.3. The standard InChI is InChI=1S/C17H22N4O3/c1-10(2)15(20-11(3)22)17(24)21-14(16(19)23)8-12-6-4-5-7-13(12)9-18/h4-7,10,14-15H,8H2,1-3H3,(H2,19,23)(H,20,22)(H,21,24)/t14-,15-/m1/s1. The second-order valence-electron chi connectivity index (χ2n) is 5.86. The van der Waals surface area contributed by atoms with Gasteiger partial charge in [0.1, 0.15) is 12.1 Å². The molecule has 1 aromatic carbocycles. The number of nitrogens with one attached hydrogen (secondary N) is 2. The van der Waals surface area contributed by atoms with E-state index >= 15 is 0 Å². The third-order valence-electron chi connectivity index (χ3n) is 3.53. The largest absolute Gasteiger partial charge is 0.368 e. The molecule has 0 saturated heterocycles. The van der Waals surface area contributed by atoms with Gasteiger partial charge >= 0.3 is 0 Å². The Morgan fingerprint density at radius 1 is 1.21 bits per heavy atom. The number of nitriles is 1. The molecule has 2 atom stereocenters. The Bertz CT molecular complexity index is 664. The maximum absolute atomic E-state index is 12.4. The molecule has 0 saturated carbocycles. The molecule has 24 heavy (non-hydrogen) atoms. The van der Waals surface area contributed by atoms with Crippen LogP contribution in [-0.2, 0) is 20.8 Å². The fraction of sp³-hybridized carbons (Fsp3) is 0.412. The van der Waals surface area contributed by atoms with Gasteiger partial charge in [-0.3, -0.25) is 14.4 Å². The van der Waals surface area contributed by atoms with Gasteiger partial charge in [0, 0.05) is 13.3 Å². The van der Waals surface area contributed by atoms with Crippen molar-refractivity contribution in [1.82, 2.24) is 10.6 Å². The summed E-state index contributed by atoms with van der Waals surface area (Å²) < 4.78 is 0. The predicted molar refractivity (Wildman–Crippen MR) is 88.4 cm³/mol. The van der Waals surface area contributed by atoms with E-state index in [1.807, 2.05) is 6.07 Å². The fourth-order valence-corrected chi connectivity index (χ4v) is 2.27.